The molecule has 2 N–H and O–H groups in total. The predicted octanol–water partition coefficient (Wildman–Crippen LogP) is 3.16. The number of ether oxygens (including phenoxy) is 1. The number of methoxy groups -OCH3 is 1. The van der Waals surface area contributed by atoms with Crippen molar-refractivity contribution in [3.8, 4) is 5.75 Å². The van der Waals surface area contributed by atoms with Crippen molar-refractivity contribution in [3.63, 3.8) is 0 Å². The van der Waals surface area contributed by atoms with Crippen LogP contribution in [0.3, 0.4) is 0 Å². The predicted molar refractivity (Wildman–Crippen MR) is 90.8 cm³/mol. The number of aliphatic hydroxyl groups excluding tert-OH is 1. The Hall–Kier alpha value is -2.33. The van der Waals surface area contributed by atoms with Crippen LogP contribution < -0.4 is 10.1 Å². The molecule has 2 atom stereocenters. The average molecular weight is 313 g/mol. The Kier molecular flexibility index (Phi) is 5.40. The third-order valence-electron chi connectivity index (χ3n) is 4.14. The summed E-state index contributed by atoms with van der Waals surface area (Å²) in [6, 6.07) is 12.4. The molecule has 2 aromatic rings. The molecule has 0 bridgehead atoms. The number of aryl methyl sites for hydroxylation is 1. The number of hydrogen-bond donors (Lipinski definition) is 2. The van der Waals surface area contributed by atoms with Gasteiger partial charge in [0.15, 0.2) is 0 Å². The van der Waals surface area contributed by atoms with Gasteiger partial charge in [0.25, 0.3) is 5.91 Å². The second-order valence-electron chi connectivity index (χ2n) is 5.73. The molecule has 122 valence electrons. The van der Waals surface area contributed by atoms with E-state index in [1.807, 2.05) is 26.0 Å². The molecule has 2 aromatic carbocycles. The zero-order valence-corrected chi connectivity index (χ0v) is 14.0. The van der Waals surface area contributed by atoms with E-state index in [-0.39, 0.29) is 5.91 Å². The summed E-state index contributed by atoms with van der Waals surface area (Å²) in [6.45, 7) is 5.69. The van der Waals surface area contributed by atoms with Crippen molar-refractivity contribution >= 4 is 5.91 Å². The van der Waals surface area contributed by atoms with Crippen molar-refractivity contribution in [2.24, 2.45) is 0 Å². The second-order valence-corrected chi connectivity index (χ2v) is 5.73. The van der Waals surface area contributed by atoms with Gasteiger partial charge in [0.1, 0.15) is 5.75 Å². The molecule has 4 heteroatoms. The fraction of sp³-hybridized carbons (Fsp3) is 0.316. The van der Waals surface area contributed by atoms with Gasteiger partial charge in [0.2, 0.25) is 0 Å². The lowest BCUT2D eigenvalue weighted by Gasteiger charge is -2.21. The van der Waals surface area contributed by atoms with E-state index < -0.39 is 12.1 Å². The van der Waals surface area contributed by atoms with Crippen molar-refractivity contribution < 1.29 is 14.6 Å². The first-order valence-corrected chi connectivity index (χ1v) is 7.63. The van der Waals surface area contributed by atoms with Crippen LogP contribution in [0.25, 0.3) is 0 Å². The summed E-state index contributed by atoms with van der Waals surface area (Å²) in [5, 5.41) is 13.3. The van der Waals surface area contributed by atoms with E-state index in [1.165, 1.54) is 0 Å². The van der Waals surface area contributed by atoms with Gasteiger partial charge in [0, 0.05) is 5.56 Å². The number of nitrogens with one attached hydrogen (secondary N) is 1. The molecule has 0 spiro atoms. The quantitative estimate of drug-likeness (QED) is 0.891. The van der Waals surface area contributed by atoms with Crippen LogP contribution in [0.5, 0.6) is 5.75 Å². The fourth-order valence-corrected chi connectivity index (χ4v) is 2.45. The monoisotopic (exact) mass is 313 g/mol. The van der Waals surface area contributed by atoms with Crippen LogP contribution in [0, 0.1) is 13.8 Å². The number of benzene rings is 2. The molecule has 0 aliphatic heterocycles. The highest BCUT2D eigenvalue weighted by Crippen LogP contribution is 2.21. The number of carbonyl (C=O) groups is 1. The van der Waals surface area contributed by atoms with Gasteiger partial charge in [-0.15, -0.1) is 0 Å². The van der Waals surface area contributed by atoms with Crippen LogP contribution in [0.4, 0.5) is 0 Å². The van der Waals surface area contributed by atoms with E-state index in [0.717, 1.165) is 22.4 Å². The van der Waals surface area contributed by atoms with E-state index >= 15 is 0 Å². The summed E-state index contributed by atoms with van der Waals surface area (Å²) in [4.78, 5) is 12.4. The minimum atomic E-state index is -0.782. The average Bonchev–Trinajstić information content (AvgIpc) is 2.56. The molecule has 0 saturated carbocycles. The normalized spacial score (nSPS) is 13.3. The number of aliphatic hydroxyl groups is 1. The summed E-state index contributed by atoms with van der Waals surface area (Å²) in [5.41, 5.74) is 3.40. The molecule has 4 nitrogen and oxygen atoms in total. The maximum Gasteiger partial charge on any atom is 0.251 e. The van der Waals surface area contributed by atoms with E-state index in [0.29, 0.717) is 5.56 Å². The van der Waals surface area contributed by atoms with Gasteiger partial charge >= 0.3 is 0 Å². The Bertz CT molecular complexity index is 680. The van der Waals surface area contributed by atoms with Gasteiger partial charge in [-0.25, -0.2) is 0 Å². The van der Waals surface area contributed by atoms with Crippen LogP contribution in [-0.2, 0) is 0 Å². The third-order valence-corrected chi connectivity index (χ3v) is 4.14. The lowest BCUT2D eigenvalue weighted by atomic mass is 10.0. The Morgan fingerprint density at radius 3 is 2.39 bits per heavy atom. The topological polar surface area (TPSA) is 58.6 Å². The highest BCUT2D eigenvalue weighted by atomic mass is 16.5. The molecule has 0 fully saturated rings. The van der Waals surface area contributed by atoms with Crippen molar-refractivity contribution in [1.29, 1.82) is 0 Å². The van der Waals surface area contributed by atoms with E-state index in [2.05, 4.69) is 5.32 Å². The first-order valence-electron chi connectivity index (χ1n) is 7.63. The van der Waals surface area contributed by atoms with Crippen LogP contribution in [0.15, 0.2) is 42.5 Å². The lowest BCUT2D eigenvalue weighted by Crippen LogP contribution is -2.37. The largest absolute Gasteiger partial charge is 0.497 e. The van der Waals surface area contributed by atoms with Crippen LogP contribution >= 0.6 is 0 Å². The Labute approximate surface area is 137 Å². The van der Waals surface area contributed by atoms with Crippen LogP contribution in [0.2, 0.25) is 0 Å². The molecule has 0 radical (unpaired) electrons. The number of amides is 1. The maximum absolute atomic E-state index is 12.4. The number of rotatable bonds is 5. The highest BCUT2D eigenvalue weighted by molar-refractivity contribution is 5.96. The van der Waals surface area contributed by atoms with Gasteiger partial charge < -0.3 is 15.2 Å². The molecule has 0 aromatic heterocycles. The molecule has 0 heterocycles. The Balaban J connectivity index is 2.09. The molecule has 23 heavy (non-hydrogen) atoms. The smallest absolute Gasteiger partial charge is 0.251 e. The minimum absolute atomic E-state index is 0.175. The number of carbonyl (C=O) groups excluding carboxylic acids is 1. The summed E-state index contributed by atoms with van der Waals surface area (Å²) < 4.78 is 5.10. The van der Waals surface area contributed by atoms with Gasteiger partial charge in [-0.2, -0.15) is 0 Å². The molecule has 1 amide bonds. The number of hydrogen-bond acceptors (Lipinski definition) is 3. The molecule has 0 aliphatic carbocycles. The van der Waals surface area contributed by atoms with E-state index in [1.54, 1.807) is 44.4 Å². The third kappa shape index (κ3) is 3.90. The Morgan fingerprint density at radius 1 is 1.13 bits per heavy atom. The zero-order chi connectivity index (χ0) is 17.0. The zero-order valence-electron chi connectivity index (χ0n) is 14.0. The second kappa shape index (κ2) is 7.29. The van der Waals surface area contributed by atoms with E-state index in [4.69, 9.17) is 4.74 Å². The molecular formula is C19H23NO3. The van der Waals surface area contributed by atoms with Gasteiger partial charge in [-0.1, -0.05) is 24.3 Å². The molecule has 0 aliphatic rings. The molecule has 0 saturated heterocycles. The van der Waals surface area contributed by atoms with Crippen molar-refractivity contribution in [2.75, 3.05) is 7.11 Å². The molecule has 2 rings (SSSR count). The van der Waals surface area contributed by atoms with Gasteiger partial charge in [-0.3, -0.25) is 4.79 Å². The van der Waals surface area contributed by atoms with Crippen LogP contribution in [-0.4, -0.2) is 24.2 Å². The summed E-state index contributed by atoms with van der Waals surface area (Å²) in [6.07, 6.45) is -0.782. The van der Waals surface area contributed by atoms with Crippen molar-refractivity contribution in [2.45, 2.75) is 32.9 Å². The maximum atomic E-state index is 12.4. The van der Waals surface area contributed by atoms with Crippen molar-refractivity contribution in [1.82, 2.24) is 5.32 Å². The van der Waals surface area contributed by atoms with Crippen LogP contribution in [0.1, 0.15) is 40.1 Å². The SMILES string of the molecule is COc1ccc(C(O)C(C)NC(=O)c2cccc(C)c2C)cc1. The fourth-order valence-electron chi connectivity index (χ4n) is 2.45. The Morgan fingerprint density at radius 2 is 1.78 bits per heavy atom. The highest BCUT2D eigenvalue weighted by Gasteiger charge is 2.20. The molecule has 2 unspecified atom stereocenters. The molecular weight excluding hydrogens is 290 g/mol. The summed E-state index contributed by atoms with van der Waals surface area (Å²) in [5.74, 6) is 0.555. The lowest BCUT2D eigenvalue weighted by molar-refractivity contribution is 0.0851. The van der Waals surface area contributed by atoms with Gasteiger partial charge in [-0.05, 0) is 55.7 Å². The first kappa shape index (κ1) is 17.0. The summed E-state index contributed by atoms with van der Waals surface area (Å²) >= 11 is 0. The summed E-state index contributed by atoms with van der Waals surface area (Å²) in [7, 11) is 1.60. The standard InChI is InChI=1S/C19H23NO3/c1-12-6-5-7-17(13(12)2)19(22)20-14(3)18(21)15-8-10-16(23-4)11-9-15/h5-11,14,18,21H,1-4H3,(H,20,22). The minimum Gasteiger partial charge on any atom is -0.497 e. The first-order chi connectivity index (χ1) is 10.9. The van der Waals surface area contributed by atoms with E-state index in [9.17, 15) is 9.90 Å². The van der Waals surface area contributed by atoms with Crippen molar-refractivity contribution in [3.05, 3.63) is 64.7 Å². The van der Waals surface area contributed by atoms with Gasteiger partial charge in [0.05, 0.1) is 19.3 Å².